The van der Waals surface area contributed by atoms with E-state index >= 15 is 0 Å². The third-order valence-corrected chi connectivity index (χ3v) is 4.68. The molecule has 2 amide bonds. The summed E-state index contributed by atoms with van der Waals surface area (Å²) in [6.45, 7) is -1.47. The molecule has 2 aromatic rings. The Balaban J connectivity index is 1.80. The highest BCUT2D eigenvalue weighted by Gasteiger charge is 2.40. The Morgan fingerprint density at radius 3 is 2.54 bits per heavy atom. The van der Waals surface area contributed by atoms with Gasteiger partial charge in [-0.05, 0) is 29.7 Å². The molecule has 5 nitrogen and oxygen atoms in total. The van der Waals surface area contributed by atoms with Crippen molar-refractivity contribution in [3.63, 3.8) is 0 Å². The largest absolute Gasteiger partial charge is 0.506 e. The van der Waals surface area contributed by atoms with Crippen molar-refractivity contribution in [3.8, 4) is 16.9 Å². The van der Waals surface area contributed by atoms with E-state index in [0.717, 1.165) is 5.56 Å². The molecule has 9 heteroatoms. The molecule has 2 aromatic carbocycles. The third-order valence-electron chi connectivity index (χ3n) is 4.39. The van der Waals surface area contributed by atoms with E-state index in [-0.39, 0.29) is 23.6 Å². The van der Waals surface area contributed by atoms with E-state index in [9.17, 15) is 27.9 Å². The van der Waals surface area contributed by atoms with Gasteiger partial charge in [0.2, 0.25) is 5.91 Å². The lowest BCUT2D eigenvalue weighted by molar-refractivity contribution is -0.157. The Hall–Kier alpha value is -2.74. The van der Waals surface area contributed by atoms with Crippen LogP contribution in [0.1, 0.15) is 16.8 Å². The van der Waals surface area contributed by atoms with Crippen LogP contribution in [0.3, 0.4) is 0 Å². The van der Waals surface area contributed by atoms with E-state index in [0.29, 0.717) is 10.5 Å². The average Bonchev–Trinajstić information content (AvgIpc) is 2.96. The average molecular weight is 413 g/mol. The van der Waals surface area contributed by atoms with Crippen molar-refractivity contribution in [2.24, 2.45) is 0 Å². The number of likely N-dealkylation sites (tertiary alicyclic amines) is 1. The molecule has 2 N–H and O–H groups in total. The Morgan fingerprint density at radius 2 is 1.89 bits per heavy atom. The van der Waals surface area contributed by atoms with Gasteiger partial charge in [0, 0.05) is 6.54 Å². The zero-order chi connectivity index (χ0) is 20.5. The molecule has 1 saturated heterocycles. The maximum absolute atomic E-state index is 12.6. The standard InChI is InChI=1S/C19H16ClF3N2O3/c20-14-9-12(11-4-2-1-3-5-11)8-13(16(14)26)17(27)24-15-6-7-25(18(15)28)10-19(21,22)23/h1-5,8-9,15,26H,6-7,10H2,(H,24,27)/t15-/m1/s1. The number of phenolic OH excluding ortho intramolecular Hbond substituents is 1. The van der Waals surface area contributed by atoms with E-state index in [1.807, 2.05) is 6.07 Å². The first-order chi connectivity index (χ1) is 13.2. The molecule has 28 heavy (non-hydrogen) atoms. The summed E-state index contributed by atoms with van der Waals surface area (Å²) in [5.74, 6) is -2.06. The SMILES string of the molecule is O=C(N[C@@H]1CCN(CC(F)(F)F)C1=O)c1cc(-c2ccccc2)cc(Cl)c1O. The lowest BCUT2D eigenvalue weighted by Crippen LogP contribution is -2.43. The predicted molar refractivity (Wildman–Crippen MR) is 97.1 cm³/mol. The van der Waals surface area contributed by atoms with Crippen LogP contribution in [0.2, 0.25) is 5.02 Å². The van der Waals surface area contributed by atoms with Crippen LogP contribution in [0.4, 0.5) is 13.2 Å². The van der Waals surface area contributed by atoms with Gasteiger partial charge >= 0.3 is 6.18 Å². The second-order valence-corrected chi connectivity index (χ2v) is 6.82. The molecule has 0 aliphatic carbocycles. The summed E-state index contributed by atoms with van der Waals surface area (Å²) in [6.07, 6.45) is -4.46. The number of nitrogens with zero attached hydrogens (tertiary/aromatic N) is 1. The molecule has 1 aliphatic heterocycles. The maximum atomic E-state index is 12.6. The number of aromatic hydroxyl groups is 1. The summed E-state index contributed by atoms with van der Waals surface area (Å²) in [5, 5.41) is 12.5. The number of carbonyl (C=O) groups excluding carboxylic acids is 2. The number of phenols is 1. The van der Waals surface area contributed by atoms with Gasteiger partial charge in [0.25, 0.3) is 5.91 Å². The van der Waals surface area contributed by atoms with Gasteiger partial charge in [-0.1, -0.05) is 41.9 Å². The highest BCUT2D eigenvalue weighted by atomic mass is 35.5. The normalized spacial score (nSPS) is 17.1. The number of amides is 2. The molecule has 1 heterocycles. The predicted octanol–water partition coefficient (Wildman–Crippen LogP) is 3.61. The number of benzene rings is 2. The summed E-state index contributed by atoms with van der Waals surface area (Å²) < 4.78 is 37.5. The minimum Gasteiger partial charge on any atom is -0.506 e. The molecule has 1 aliphatic rings. The summed E-state index contributed by atoms with van der Waals surface area (Å²) in [6, 6.07) is 10.8. The summed E-state index contributed by atoms with van der Waals surface area (Å²) in [7, 11) is 0. The third kappa shape index (κ3) is 4.39. The van der Waals surface area contributed by atoms with Crippen molar-refractivity contribution >= 4 is 23.4 Å². The monoisotopic (exact) mass is 412 g/mol. The van der Waals surface area contributed by atoms with Crippen molar-refractivity contribution in [2.75, 3.05) is 13.1 Å². The zero-order valence-corrected chi connectivity index (χ0v) is 15.2. The molecule has 148 valence electrons. The fraction of sp³-hybridized carbons (Fsp3) is 0.263. The van der Waals surface area contributed by atoms with Gasteiger partial charge < -0.3 is 15.3 Å². The molecular weight excluding hydrogens is 397 g/mol. The quantitative estimate of drug-likeness (QED) is 0.806. The van der Waals surface area contributed by atoms with E-state index in [2.05, 4.69) is 5.32 Å². The highest BCUT2D eigenvalue weighted by Crippen LogP contribution is 2.33. The van der Waals surface area contributed by atoms with E-state index in [4.69, 9.17) is 11.6 Å². The molecule has 0 radical (unpaired) electrons. The smallest absolute Gasteiger partial charge is 0.406 e. The van der Waals surface area contributed by atoms with Crippen molar-refractivity contribution in [2.45, 2.75) is 18.6 Å². The molecule has 3 rings (SSSR count). The van der Waals surface area contributed by atoms with Crippen molar-refractivity contribution in [1.82, 2.24) is 10.2 Å². The Bertz CT molecular complexity index is 903. The molecule has 0 spiro atoms. The molecule has 0 aromatic heterocycles. The minimum atomic E-state index is -4.51. The molecule has 0 unspecified atom stereocenters. The van der Waals surface area contributed by atoms with Crippen LogP contribution in [0.15, 0.2) is 42.5 Å². The summed E-state index contributed by atoms with van der Waals surface area (Å²) >= 11 is 6.02. The second-order valence-electron chi connectivity index (χ2n) is 6.41. The number of hydrogen-bond acceptors (Lipinski definition) is 3. The van der Waals surface area contributed by atoms with Gasteiger partial charge in [-0.2, -0.15) is 13.2 Å². The number of nitrogens with one attached hydrogen (secondary N) is 1. The maximum Gasteiger partial charge on any atom is 0.406 e. The number of carbonyl (C=O) groups is 2. The fourth-order valence-electron chi connectivity index (χ4n) is 3.05. The second kappa shape index (κ2) is 7.71. The summed E-state index contributed by atoms with van der Waals surface area (Å²) in [5.41, 5.74) is 1.17. The molecule has 1 fully saturated rings. The first kappa shape index (κ1) is 20.0. The van der Waals surface area contributed by atoms with E-state index < -0.39 is 36.3 Å². The highest BCUT2D eigenvalue weighted by molar-refractivity contribution is 6.33. The van der Waals surface area contributed by atoms with E-state index in [1.165, 1.54) is 12.1 Å². The lowest BCUT2D eigenvalue weighted by atomic mass is 10.0. The molecule has 0 saturated carbocycles. The lowest BCUT2D eigenvalue weighted by Gasteiger charge is -2.19. The van der Waals surface area contributed by atoms with Gasteiger partial charge in [0.1, 0.15) is 18.3 Å². The van der Waals surface area contributed by atoms with E-state index in [1.54, 1.807) is 24.3 Å². The Kier molecular flexibility index (Phi) is 5.51. The van der Waals surface area contributed by atoms with Gasteiger partial charge in [-0.25, -0.2) is 0 Å². The summed E-state index contributed by atoms with van der Waals surface area (Å²) in [4.78, 5) is 25.3. The first-order valence-corrected chi connectivity index (χ1v) is 8.78. The topological polar surface area (TPSA) is 69.6 Å². The van der Waals surface area contributed by atoms with Crippen molar-refractivity contribution in [1.29, 1.82) is 0 Å². The number of halogens is 4. The van der Waals surface area contributed by atoms with Crippen molar-refractivity contribution in [3.05, 3.63) is 53.1 Å². The van der Waals surface area contributed by atoms with Crippen LogP contribution in [0.5, 0.6) is 5.75 Å². The molecular formula is C19H16ClF3N2O3. The number of alkyl halides is 3. The van der Waals surface area contributed by atoms with Crippen LogP contribution < -0.4 is 5.32 Å². The fourth-order valence-corrected chi connectivity index (χ4v) is 3.27. The first-order valence-electron chi connectivity index (χ1n) is 8.40. The zero-order valence-electron chi connectivity index (χ0n) is 14.5. The Labute approximate surface area is 163 Å². The van der Waals surface area contributed by atoms with Crippen LogP contribution in [0.25, 0.3) is 11.1 Å². The van der Waals surface area contributed by atoms with Crippen LogP contribution in [0, 0.1) is 0 Å². The molecule has 1 atom stereocenters. The van der Waals surface area contributed by atoms with Crippen LogP contribution in [-0.4, -0.2) is 47.1 Å². The number of rotatable bonds is 4. The van der Waals surface area contributed by atoms with Crippen molar-refractivity contribution < 1.29 is 27.9 Å². The van der Waals surface area contributed by atoms with Crippen LogP contribution >= 0.6 is 11.6 Å². The molecule has 0 bridgehead atoms. The minimum absolute atomic E-state index is 0.0491. The van der Waals surface area contributed by atoms with Gasteiger partial charge in [-0.3, -0.25) is 9.59 Å². The van der Waals surface area contributed by atoms with Gasteiger partial charge in [0.15, 0.2) is 0 Å². The van der Waals surface area contributed by atoms with Gasteiger partial charge in [0.05, 0.1) is 10.6 Å². The number of hydrogen-bond donors (Lipinski definition) is 2. The van der Waals surface area contributed by atoms with Crippen LogP contribution in [-0.2, 0) is 4.79 Å². The Morgan fingerprint density at radius 1 is 1.21 bits per heavy atom. The van der Waals surface area contributed by atoms with Gasteiger partial charge in [-0.15, -0.1) is 0 Å².